The zero-order valence-electron chi connectivity index (χ0n) is 11.3. The summed E-state index contributed by atoms with van der Waals surface area (Å²) in [5.74, 6) is -0.263. The van der Waals surface area contributed by atoms with Crippen LogP contribution < -0.4 is 15.4 Å². The largest absolute Gasteiger partial charge is 0.479 e. The van der Waals surface area contributed by atoms with Gasteiger partial charge in [0.15, 0.2) is 6.10 Å². The van der Waals surface area contributed by atoms with E-state index in [0.29, 0.717) is 17.9 Å². The van der Waals surface area contributed by atoms with Crippen molar-refractivity contribution in [3.63, 3.8) is 0 Å². The maximum Gasteiger partial charge on any atom is 0.321 e. The molecule has 3 amide bonds. The normalized spacial score (nSPS) is 11.6. The molecule has 1 atom stereocenters. The highest BCUT2D eigenvalue weighted by Crippen LogP contribution is 2.26. The van der Waals surface area contributed by atoms with Crippen molar-refractivity contribution in [2.45, 2.75) is 26.6 Å². The van der Waals surface area contributed by atoms with Crippen LogP contribution in [0.25, 0.3) is 0 Å². The van der Waals surface area contributed by atoms with E-state index in [1.165, 1.54) is 6.92 Å². The Balaban J connectivity index is 2.63. The van der Waals surface area contributed by atoms with Crippen molar-refractivity contribution >= 4 is 23.5 Å². The minimum Gasteiger partial charge on any atom is -0.479 e. The highest BCUT2D eigenvalue weighted by molar-refractivity contribution is 6.32. The fourth-order valence-corrected chi connectivity index (χ4v) is 1.65. The molecule has 1 aromatic rings. The van der Waals surface area contributed by atoms with Crippen molar-refractivity contribution in [1.82, 2.24) is 10.6 Å². The van der Waals surface area contributed by atoms with E-state index in [1.807, 2.05) is 0 Å². The second-order valence-electron chi connectivity index (χ2n) is 4.03. The van der Waals surface area contributed by atoms with E-state index in [-0.39, 0.29) is 11.6 Å². The molecule has 0 heterocycles. The predicted octanol–water partition coefficient (Wildman–Crippen LogP) is 1.45. The van der Waals surface area contributed by atoms with Crippen molar-refractivity contribution < 1.29 is 19.4 Å². The first-order chi connectivity index (χ1) is 9.47. The lowest BCUT2D eigenvalue weighted by molar-refractivity contribution is -0.126. The fourth-order valence-electron chi connectivity index (χ4n) is 1.40. The smallest absolute Gasteiger partial charge is 0.321 e. The summed E-state index contributed by atoms with van der Waals surface area (Å²) in [5.41, 5.74) is 0.641. The van der Waals surface area contributed by atoms with Gasteiger partial charge in [-0.15, -0.1) is 0 Å². The number of aliphatic hydroxyl groups is 1. The maximum absolute atomic E-state index is 11.7. The standard InChI is InChI=1S/C13H17ClN2O4/c1-3-15-13(19)16-12(18)8(2)20-11-5-4-9(7-17)6-10(11)14/h4-6,8,17H,3,7H2,1-2H3,(H2,15,16,18,19). The molecule has 1 rings (SSSR count). The van der Waals surface area contributed by atoms with Gasteiger partial charge in [0.1, 0.15) is 5.75 Å². The van der Waals surface area contributed by atoms with Crippen molar-refractivity contribution in [3.05, 3.63) is 28.8 Å². The zero-order chi connectivity index (χ0) is 15.1. The van der Waals surface area contributed by atoms with Crippen LogP contribution in [0.1, 0.15) is 19.4 Å². The Morgan fingerprint density at radius 2 is 2.15 bits per heavy atom. The van der Waals surface area contributed by atoms with Crippen LogP contribution in [0.4, 0.5) is 4.79 Å². The number of rotatable bonds is 5. The second-order valence-corrected chi connectivity index (χ2v) is 4.44. The molecule has 20 heavy (non-hydrogen) atoms. The molecule has 0 fully saturated rings. The van der Waals surface area contributed by atoms with Crippen LogP contribution in [-0.4, -0.2) is 29.7 Å². The molecule has 0 aliphatic heterocycles. The average molecular weight is 301 g/mol. The molecular weight excluding hydrogens is 284 g/mol. The number of amides is 3. The molecule has 0 radical (unpaired) electrons. The van der Waals surface area contributed by atoms with E-state index >= 15 is 0 Å². The Kier molecular flexibility index (Phi) is 6.27. The first kappa shape index (κ1) is 16.3. The Labute approximate surface area is 122 Å². The third-order valence-electron chi connectivity index (χ3n) is 2.43. The highest BCUT2D eigenvalue weighted by Gasteiger charge is 2.18. The van der Waals surface area contributed by atoms with Gasteiger partial charge in [0, 0.05) is 6.54 Å². The molecule has 110 valence electrons. The third kappa shape index (κ3) is 4.71. The van der Waals surface area contributed by atoms with E-state index in [1.54, 1.807) is 25.1 Å². The molecule has 6 nitrogen and oxygen atoms in total. The minimum absolute atomic E-state index is 0.132. The lowest BCUT2D eigenvalue weighted by atomic mass is 10.2. The maximum atomic E-state index is 11.7. The molecule has 0 spiro atoms. The summed E-state index contributed by atoms with van der Waals surface area (Å²) in [5, 5.41) is 13.8. The lowest BCUT2D eigenvalue weighted by Crippen LogP contribution is -2.45. The molecule has 0 saturated heterocycles. The summed E-state index contributed by atoms with van der Waals surface area (Å²) >= 11 is 5.97. The molecule has 1 aromatic carbocycles. The van der Waals surface area contributed by atoms with E-state index in [9.17, 15) is 9.59 Å². The number of carbonyl (C=O) groups is 2. The molecule has 0 aromatic heterocycles. The minimum atomic E-state index is -0.880. The lowest BCUT2D eigenvalue weighted by Gasteiger charge is -2.15. The Morgan fingerprint density at radius 1 is 1.45 bits per heavy atom. The van der Waals surface area contributed by atoms with Gasteiger partial charge in [-0.05, 0) is 31.5 Å². The summed E-state index contributed by atoms with van der Waals surface area (Å²) in [6, 6.07) is 4.17. The van der Waals surface area contributed by atoms with Gasteiger partial charge in [-0.2, -0.15) is 0 Å². The number of halogens is 1. The van der Waals surface area contributed by atoms with Gasteiger partial charge in [0.05, 0.1) is 11.6 Å². The molecule has 0 aliphatic carbocycles. The fraction of sp³-hybridized carbons (Fsp3) is 0.385. The predicted molar refractivity (Wildman–Crippen MR) is 74.7 cm³/mol. The van der Waals surface area contributed by atoms with E-state index < -0.39 is 18.0 Å². The van der Waals surface area contributed by atoms with Crippen LogP contribution >= 0.6 is 11.6 Å². The average Bonchev–Trinajstić information content (AvgIpc) is 2.41. The molecule has 7 heteroatoms. The number of imide groups is 1. The van der Waals surface area contributed by atoms with Gasteiger partial charge in [-0.25, -0.2) is 4.79 Å². The van der Waals surface area contributed by atoms with Crippen LogP contribution in [-0.2, 0) is 11.4 Å². The van der Waals surface area contributed by atoms with Crippen LogP contribution in [0, 0.1) is 0 Å². The van der Waals surface area contributed by atoms with Crippen LogP contribution in [0.5, 0.6) is 5.75 Å². The Bertz CT molecular complexity index is 493. The summed E-state index contributed by atoms with van der Waals surface area (Å²) in [7, 11) is 0. The molecule has 0 saturated carbocycles. The van der Waals surface area contributed by atoms with Crippen LogP contribution in [0.2, 0.25) is 5.02 Å². The SMILES string of the molecule is CCNC(=O)NC(=O)C(C)Oc1ccc(CO)cc1Cl. The number of hydrogen-bond donors (Lipinski definition) is 3. The second kappa shape index (κ2) is 7.72. The monoisotopic (exact) mass is 300 g/mol. The van der Waals surface area contributed by atoms with Crippen molar-refractivity contribution in [3.8, 4) is 5.75 Å². The summed E-state index contributed by atoms with van der Waals surface area (Å²) in [4.78, 5) is 22.9. The topological polar surface area (TPSA) is 87.7 Å². The van der Waals surface area contributed by atoms with Gasteiger partial charge in [0.25, 0.3) is 5.91 Å². The van der Waals surface area contributed by atoms with Crippen molar-refractivity contribution in [2.75, 3.05) is 6.54 Å². The van der Waals surface area contributed by atoms with Crippen molar-refractivity contribution in [2.24, 2.45) is 0 Å². The van der Waals surface area contributed by atoms with Gasteiger partial charge in [-0.1, -0.05) is 17.7 Å². The van der Waals surface area contributed by atoms with Gasteiger partial charge in [-0.3, -0.25) is 10.1 Å². The third-order valence-corrected chi connectivity index (χ3v) is 2.72. The van der Waals surface area contributed by atoms with Gasteiger partial charge >= 0.3 is 6.03 Å². The molecule has 3 N–H and O–H groups in total. The molecular formula is C13H17ClN2O4. The molecule has 0 bridgehead atoms. The summed E-state index contributed by atoms with van der Waals surface area (Å²) in [6.07, 6.45) is -0.880. The van der Waals surface area contributed by atoms with Crippen molar-refractivity contribution in [1.29, 1.82) is 0 Å². The summed E-state index contributed by atoms with van der Waals surface area (Å²) < 4.78 is 5.38. The number of carbonyl (C=O) groups excluding carboxylic acids is 2. The van der Waals surface area contributed by atoms with E-state index in [2.05, 4.69) is 10.6 Å². The molecule has 1 unspecified atom stereocenters. The summed E-state index contributed by atoms with van der Waals surface area (Å²) in [6.45, 7) is 3.54. The van der Waals surface area contributed by atoms with E-state index in [4.69, 9.17) is 21.4 Å². The number of nitrogens with one attached hydrogen (secondary N) is 2. The zero-order valence-corrected chi connectivity index (χ0v) is 12.0. The number of ether oxygens (including phenoxy) is 1. The Hall–Kier alpha value is -1.79. The highest BCUT2D eigenvalue weighted by atomic mass is 35.5. The number of urea groups is 1. The Morgan fingerprint density at radius 3 is 2.70 bits per heavy atom. The van der Waals surface area contributed by atoms with Gasteiger partial charge in [0.2, 0.25) is 0 Å². The first-order valence-corrected chi connectivity index (χ1v) is 6.50. The number of aliphatic hydroxyl groups excluding tert-OH is 1. The quantitative estimate of drug-likeness (QED) is 0.768. The van der Waals surface area contributed by atoms with Crippen LogP contribution in [0.15, 0.2) is 18.2 Å². The first-order valence-electron chi connectivity index (χ1n) is 6.12. The van der Waals surface area contributed by atoms with Gasteiger partial charge < -0.3 is 15.2 Å². The number of hydrogen-bond acceptors (Lipinski definition) is 4. The van der Waals surface area contributed by atoms with E-state index in [0.717, 1.165) is 0 Å². The number of benzene rings is 1. The van der Waals surface area contributed by atoms with Crippen LogP contribution in [0.3, 0.4) is 0 Å². The molecule has 0 aliphatic rings.